The molecular formula is C9H14N2O. The lowest BCUT2D eigenvalue weighted by atomic mass is 10.2. The molecule has 0 aromatic rings. The van der Waals surface area contributed by atoms with Gasteiger partial charge in [0.25, 0.3) is 0 Å². The predicted molar refractivity (Wildman–Crippen MR) is 44.6 cm³/mol. The van der Waals surface area contributed by atoms with Gasteiger partial charge in [-0.3, -0.25) is 4.79 Å². The summed E-state index contributed by atoms with van der Waals surface area (Å²) in [4.78, 5) is 11.5. The molecule has 2 unspecified atom stereocenters. The van der Waals surface area contributed by atoms with E-state index in [1.807, 2.05) is 0 Å². The molecule has 3 nitrogen and oxygen atoms in total. The van der Waals surface area contributed by atoms with E-state index in [-0.39, 0.29) is 5.54 Å². The van der Waals surface area contributed by atoms with Crippen LogP contribution in [0.25, 0.3) is 0 Å². The zero-order valence-electron chi connectivity index (χ0n) is 7.10. The monoisotopic (exact) mass is 166 g/mol. The van der Waals surface area contributed by atoms with Crippen molar-refractivity contribution in [3.05, 3.63) is 0 Å². The first-order valence-electron chi connectivity index (χ1n) is 4.83. The van der Waals surface area contributed by atoms with Crippen molar-refractivity contribution in [1.29, 1.82) is 0 Å². The molecule has 2 atom stereocenters. The Labute approximate surface area is 71.9 Å². The van der Waals surface area contributed by atoms with Crippen molar-refractivity contribution in [2.45, 2.75) is 24.8 Å². The molecule has 3 fully saturated rings. The molecule has 66 valence electrons. The Kier molecular flexibility index (Phi) is 1.16. The molecular weight excluding hydrogens is 152 g/mol. The number of amides is 1. The Hall–Kier alpha value is -0.570. The lowest BCUT2D eigenvalue weighted by Gasteiger charge is -2.13. The van der Waals surface area contributed by atoms with Gasteiger partial charge in [-0.2, -0.15) is 0 Å². The first-order chi connectivity index (χ1) is 5.80. The second kappa shape index (κ2) is 2.02. The van der Waals surface area contributed by atoms with Crippen LogP contribution < -0.4 is 10.6 Å². The van der Waals surface area contributed by atoms with Crippen molar-refractivity contribution in [2.24, 2.45) is 11.8 Å². The Morgan fingerprint density at radius 2 is 2.33 bits per heavy atom. The molecule has 3 aliphatic rings. The second-order valence-electron chi connectivity index (χ2n) is 4.45. The highest BCUT2D eigenvalue weighted by Crippen LogP contribution is 2.46. The minimum atomic E-state index is 0.194. The van der Waals surface area contributed by atoms with Gasteiger partial charge in [-0.1, -0.05) is 0 Å². The third-order valence-electron chi connectivity index (χ3n) is 3.38. The standard InChI is InChI=1S/C9H14N2O/c12-8(6-1-2-6)11-9-3-7(9)4-10-5-9/h6-7,10H,1-5H2,(H,11,12). The van der Waals surface area contributed by atoms with Crippen molar-refractivity contribution >= 4 is 5.91 Å². The van der Waals surface area contributed by atoms with Crippen LogP contribution in [0, 0.1) is 11.8 Å². The molecule has 3 heteroatoms. The summed E-state index contributed by atoms with van der Waals surface area (Å²) in [6, 6.07) is 0. The average Bonchev–Trinajstić information content (AvgIpc) is 2.92. The van der Waals surface area contributed by atoms with E-state index < -0.39 is 0 Å². The quantitative estimate of drug-likeness (QED) is 0.600. The topological polar surface area (TPSA) is 41.1 Å². The van der Waals surface area contributed by atoms with Crippen LogP contribution in [0.4, 0.5) is 0 Å². The third-order valence-corrected chi connectivity index (χ3v) is 3.38. The Bertz CT molecular complexity index is 237. The Morgan fingerprint density at radius 1 is 1.50 bits per heavy atom. The molecule has 0 aromatic heterocycles. The first-order valence-corrected chi connectivity index (χ1v) is 4.83. The molecule has 0 spiro atoms. The summed E-state index contributed by atoms with van der Waals surface area (Å²) in [7, 11) is 0. The lowest BCUT2D eigenvalue weighted by molar-refractivity contribution is -0.123. The van der Waals surface area contributed by atoms with Gasteiger partial charge in [0.2, 0.25) is 5.91 Å². The normalized spacial score (nSPS) is 43.8. The highest BCUT2D eigenvalue weighted by Gasteiger charge is 2.58. The number of carbonyl (C=O) groups is 1. The van der Waals surface area contributed by atoms with E-state index in [0.717, 1.165) is 31.8 Å². The molecule has 0 bridgehead atoms. The van der Waals surface area contributed by atoms with Gasteiger partial charge in [-0.25, -0.2) is 0 Å². The van der Waals surface area contributed by atoms with Crippen LogP contribution in [0.1, 0.15) is 19.3 Å². The van der Waals surface area contributed by atoms with Gasteiger partial charge in [0.05, 0.1) is 5.54 Å². The molecule has 1 saturated heterocycles. The van der Waals surface area contributed by atoms with Gasteiger partial charge in [-0.15, -0.1) is 0 Å². The van der Waals surface area contributed by atoms with E-state index in [1.165, 1.54) is 6.42 Å². The maximum absolute atomic E-state index is 11.5. The number of carbonyl (C=O) groups excluding carboxylic acids is 1. The number of fused-ring (bicyclic) bond motifs is 1. The molecule has 3 rings (SSSR count). The van der Waals surface area contributed by atoms with Crippen LogP contribution in [0.15, 0.2) is 0 Å². The van der Waals surface area contributed by atoms with Gasteiger partial charge >= 0.3 is 0 Å². The summed E-state index contributed by atoms with van der Waals surface area (Å²) in [6.07, 6.45) is 3.43. The minimum absolute atomic E-state index is 0.194. The molecule has 0 aromatic carbocycles. The van der Waals surface area contributed by atoms with E-state index >= 15 is 0 Å². The SMILES string of the molecule is O=C(NC12CNCC1C2)C1CC1. The van der Waals surface area contributed by atoms with Gasteiger partial charge in [-0.05, 0) is 25.2 Å². The number of rotatable bonds is 2. The molecule has 0 radical (unpaired) electrons. The van der Waals surface area contributed by atoms with Crippen molar-refractivity contribution in [1.82, 2.24) is 10.6 Å². The fraction of sp³-hybridized carbons (Fsp3) is 0.889. The van der Waals surface area contributed by atoms with Crippen molar-refractivity contribution in [3.8, 4) is 0 Å². The molecule has 2 N–H and O–H groups in total. The lowest BCUT2D eigenvalue weighted by Crippen LogP contribution is -2.42. The fourth-order valence-electron chi connectivity index (χ4n) is 2.22. The van der Waals surface area contributed by atoms with E-state index in [1.54, 1.807) is 0 Å². The van der Waals surface area contributed by atoms with Crippen LogP contribution in [0.2, 0.25) is 0 Å². The highest BCUT2D eigenvalue weighted by atomic mass is 16.2. The molecule has 2 aliphatic carbocycles. The van der Waals surface area contributed by atoms with Gasteiger partial charge < -0.3 is 10.6 Å². The second-order valence-corrected chi connectivity index (χ2v) is 4.45. The van der Waals surface area contributed by atoms with Crippen molar-refractivity contribution in [2.75, 3.05) is 13.1 Å². The number of nitrogens with one attached hydrogen (secondary N) is 2. The summed E-state index contributed by atoms with van der Waals surface area (Å²) < 4.78 is 0. The van der Waals surface area contributed by atoms with Crippen molar-refractivity contribution < 1.29 is 4.79 Å². The summed E-state index contributed by atoms with van der Waals surface area (Å²) in [5, 5.41) is 6.50. The summed E-state index contributed by atoms with van der Waals surface area (Å²) in [5.41, 5.74) is 0.194. The molecule has 1 amide bonds. The van der Waals surface area contributed by atoms with Gasteiger partial charge in [0, 0.05) is 19.0 Å². The van der Waals surface area contributed by atoms with Crippen LogP contribution in [-0.2, 0) is 4.79 Å². The zero-order chi connectivity index (χ0) is 8.18. The molecule has 1 heterocycles. The largest absolute Gasteiger partial charge is 0.349 e. The first kappa shape index (κ1) is 6.89. The van der Waals surface area contributed by atoms with Crippen LogP contribution in [0.3, 0.4) is 0 Å². The van der Waals surface area contributed by atoms with Crippen LogP contribution in [0.5, 0.6) is 0 Å². The average molecular weight is 166 g/mol. The van der Waals surface area contributed by atoms with E-state index in [0.29, 0.717) is 11.8 Å². The Morgan fingerprint density at radius 3 is 2.83 bits per heavy atom. The number of hydrogen-bond donors (Lipinski definition) is 2. The van der Waals surface area contributed by atoms with Gasteiger partial charge in [0.15, 0.2) is 0 Å². The van der Waals surface area contributed by atoms with Gasteiger partial charge in [0.1, 0.15) is 0 Å². The smallest absolute Gasteiger partial charge is 0.223 e. The summed E-state index contributed by atoms with van der Waals surface area (Å²) >= 11 is 0. The number of hydrogen-bond acceptors (Lipinski definition) is 2. The summed E-state index contributed by atoms with van der Waals surface area (Å²) in [6.45, 7) is 2.10. The van der Waals surface area contributed by atoms with E-state index in [4.69, 9.17) is 0 Å². The molecule has 1 aliphatic heterocycles. The Balaban J connectivity index is 1.64. The zero-order valence-corrected chi connectivity index (χ0v) is 7.10. The minimum Gasteiger partial charge on any atom is -0.349 e. The third kappa shape index (κ3) is 0.891. The van der Waals surface area contributed by atoms with E-state index in [9.17, 15) is 4.79 Å². The maximum atomic E-state index is 11.5. The summed E-state index contributed by atoms with van der Waals surface area (Å²) in [5.74, 6) is 1.41. The van der Waals surface area contributed by atoms with Crippen LogP contribution in [-0.4, -0.2) is 24.5 Å². The fourth-order valence-corrected chi connectivity index (χ4v) is 2.22. The maximum Gasteiger partial charge on any atom is 0.223 e. The van der Waals surface area contributed by atoms with E-state index in [2.05, 4.69) is 10.6 Å². The van der Waals surface area contributed by atoms with Crippen molar-refractivity contribution in [3.63, 3.8) is 0 Å². The molecule has 2 saturated carbocycles. The predicted octanol–water partition coefficient (Wildman–Crippen LogP) is -0.126. The number of piperidine rings is 1. The van der Waals surface area contributed by atoms with Crippen LogP contribution >= 0.6 is 0 Å². The molecule has 12 heavy (non-hydrogen) atoms. The highest BCUT2D eigenvalue weighted by molar-refractivity contribution is 5.82.